The lowest BCUT2D eigenvalue weighted by Crippen LogP contribution is -2.19. The van der Waals surface area contributed by atoms with Crippen LogP contribution in [0.4, 0.5) is 11.6 Å². The van der Waals surface area contributed by atoms with E-state index in [2.05, 4.69) is 57.8 Å². The van der Waals surface area contributed by atoms with Gasteiger partial charge in [0.05, 0.1) is 17.8 Å². The molecule has 0 aliphatic carbocycles. The van der Waals surface area contributed by atoms with E-state index in [0.29, 0.717) is 16.6 Å². The first-order valence-corrected chi connectivity index (χ1v) is 12.9. The third kappa shape index (κ3) is 12.5. The quantitative estimate of drug-likeness (QED) is 0.129. The Balaban J connectivity index is 0.000000360. The minimum Gasteiger partial charge on any atom is -0.497 e. The van der Waals surface area contributed by atoms with Gasteiger partial charge in [-0.25, -0.2) is 15.0 Å². The normalized spacial score (nSPS) is 11.4. The van der Waals surface area contributed by atoms with Crippen LogP contribution < -0.4 is 10.2 Å². The Bertz CT molecular complexity index is 999. The van der Waals surface area contributed by atoms with Crippen LogP contribution in [-0.2, 0) is 11.2 Å². The minimum atomic E-state index is 0.520. The summed E-state index contributed by atoms with van der Waals surface area (Å²) in [5.74, 6) is 1.94. The van der Waals surface area contributed by atoms with E-state index in [1.54, 1.807) is 19.4 Å². The highest BCUT2D eigenvalue weighted by Crippen LogP contribution is 2.24. The van der Waals surface area contributed by atoms with E-state index >= 15 is 0 Å². The lowest BCUT2D eigenvalue weighted by atomic mass is 10.2. The van der Waals surface area contributed by atoms with Crippen molar-refractivity contribution in [1.82, 2.24) is 9.97 Å². The molecule has 0 fully saturated rings. The van der Waals surface area contributed by atoms with Gasteiger partial charge in [0.2, 0.25) is 5.95 Å². The predicted octanol–water partition coefficient (Wildman–Crippen LogP) is 7.76. The summed E-state index contributed by atoms with van der Waals surface area (Å²) >= 11 is 6.15. The number of allylic oxidation sites excluding steroid dienone is 2. The van der Waals surface area contributed by atoms with Crippen molar-refractivity contribution in [2.45, 2.75) is 59.8 Å². The summed E-state index contributed by atoms with van der Waals surface area (Å²) in [4.78, 5) is 15.1. The Morgan fingerprint density at radius 1 is 1.19 bits per heavy atom. The molecule has 0 aliphatic heterocycles. The molecule has 7 heteroatoms. The molecular formula is C29H42ClN5O. The number of unbranched alkanes of at least 4 members (excludes halogenated alkanes) is 2. The molecule has 2 aromatic rings. The molecule has 1 aromatic heterocycles. The highest BCUT2D eigenvalue weighted by atomic mass is 35.5. The Morgan fingerprint density at radius 3 is 2.50 bits per heavy atom. The van der Waals surface area contributed by atoms with E-state index in [0.717, 1.165) is 36.6 Å². The van der Waals surface area contributed by atoms with E-state index in [-0.39, 0.29) is 0 Å². The Hall–Kier alpha value is -3.12. The molecule has 196 valence electrons. The smallest absolute Gasteiger partial charge is 0.225 e. The second-order valence-electron chi connectivity index (χ2n) is 8.33. The zero-order chi connectivity index (χ0) is 26.8. The number of rotatable bonds is 13. The number of anilines is 2. The van der Waals surface area contributed by atoms with Crippen LogP contribution in [0.2, 0.25) is 5.02 Å². The van der Waals surface area contributed by atoms with Crippen molar-refractivity contribution >= 4 is 29.5 Å². The summed E-state index contributed by atoms with van der Waals surface area (Å²) in [6, 6.07) is 5.78. The van der Waals surface area contributed by atoms with Gasteiger partial charge in [0.15, 0.2) is 0 Å². The standard InChI is InChI=1S/C15H25N3.C14H17ClN2O/c1-4-6-8-9-11-18(3)15-16-12-14(13-17-15)10-7-5-2;1-5-16-14(9-11(3)18-4)17-13-7-6-10(2)8-12(13)15/h8-9,12-13H,4-7,10-11H2,1-3H3;5-9,17H,3H2,1-2,4H3/b9-8-;14-9+,16-5-. The number of nitrogens with zero attached hydrogens (tertiary/aromatic N) is 4. The number of methoxy groups -OCH3 is 1. The molecule has 0 radical (unpaired) electrons. The number of aromatic nitrogens is 2. The molecule has 1 aromatic carbocycles. The van der Waals surface area contributed by atoms with Crippen molar-refractivity contribution in [3.63, 3.8) is 0 Å². The van der Waals surface area contributed by atoms with Crippen LogP contribution in [0.15, 0.2) is 72.0 Å². The van der Waals surface area contributed by atoms with Crippen LogP contribution in [0.1, 0.15) is 57.6 Å². The fourth-order valence-electron chi connectivity index (χ4n) is 2.97. The summed E-state index contributed by atoms with van der Waals surface area (Å²) in [5, 5.41) is 3.78. The average Bonchev–Trinajstić information content (AvgIpc) is 2.87. The molecule has 1 N–H and O–H groups in total. The lowest BCUT2D eigenvalue weighted by molar-refractivity contribution is 0.308. The van der Waals surface area contributed by atoms with Crippen molar-refractivity contribution in [2.24, 2.45) is 4.99 Å². The third-order valence-electron chi connectivity index (χ3n) is 5.07. The summed E-state index contributed by atoms with van der Waals surface area (Å²) in [6.07, 6.45) is 17.5. The van der Waals surface area contributed by atoms with Gasteiger partial charge in [-0.1, -0.05) is 63.1 Å². The molecule has 0 amide bonds. The highest BCUT2D eigenvalue weighted by molar-refractivity contribution is 6.33. The largest absolute Gasteiger partial charge is 0.497 e. The topological polar surface area (TPSA) is 62.6 Å². The first-order chi connectivity index (χ1) is 17.3. The first kappa shape index (κ1) is 30.9. The summed E-state index contributed by atoms with van der Waals surface area (Å²) in [6.45, 7) is 12.8. The van der Waals surface area contributed by atoms with E-state index in [1.165, 1.54) is 24.8 Å². The van der Waals surface area contributed by atoms with Crippen LogP contribution in [-0.4, -0.2) is 36.9 Å². The Labute approximate surface area is 222 Å². The van der Waals surface area contributed by atoms with Crippen molar-refractivity contribution in [2.75, 3.05) is 30.9 Å². The van der Waals surface area contributed by atoms with Crippen molar-refractivity contribution in [3.8, 4) is 0 Å². The SMILES string of the molecule is C=C(/C=C(\N=C/C)Nc1ccc(C)cc1Cl)OC.CCC/C=C\CN(C)c1ncc(CCCC)cn1. The van der Waals surface area contributed by atoms with Crippen LogP contribution in [0.25, 0.3) is 0 Å². The number of hydrogen-bond donors (Lipinski definition) is 1. The second kappa shape index (κ2) is 18.2. The highest BCUT2D eigenvalue weighted by Gasteiger charge is 2.03. The first-order valence-electron chi connectivity index (χ1n) is 12.5. The zero-order valence-electron chi connectivity index (χ0n) is 22.7. The number of nitrogens with one attached hydrogen (secondary N) is 1. The van der Waals surface area contributed by atoms with E-state index < -0.39 is 0 Å². The predicted molar refractivity (Wildman–Crippen MR) is 156 cm³/mol. The number of benzene rings is 1. The monoisotopic (exact) mass is 511 g/mol. The number of likely N-dealkylation sites (N-methyl/N-ethyl adjacent to an activating group) is 1. The van der Waals surface area contributed by atoms with Gasteiger partial charge in [-0.2, -0.15) is 0 Å². The van der Waals surface area contributed by atoms with Gasteiger partial charge in [0.1, 0.15) is 11.6 Å². The van der Waals surface area contributed by atoms with Crippen LogP contribution in [0.3, 0.4) is 0 Å². The summed E-state index contributed by atoms with van der Waals surface area (Å²) in [5.41, 5.74) is 3.13. The maximum atomic E-state index is 6.15. The molecule has 36 heavy (non-hydrogen) atoms. The van der Waals surface area contributed by atoms with E-state index in [9.17, 15) is 0 Å². The van der Waals surface area contributed by atoms with Crippen LogP contribution >= 0.6 is 11.6 Å². The third-order valence-corrected chi connectivity index (χ3v) is 5.38. The Kier molecular flexibility index (Phi) is 15.6. The van der Waals surface area contributed by atoms with Gasteiger partial charge in [0.25, 0.3) is 0 Å². The molecule has 0 aliphatic rings. The summed E-state index contributed by atoms with van der Waals surface area (Å²) < 4.78 is 5.00. The maximum Gasteiger partial charge on any atom is 0.225 e. The molecule has 0 spiro atoms. The van der Waals surface area contributed by atoms with E-state index in [1.807, 2.05) is 51.5 Å². The zero-order valence-corrected chi connectivity index (χ0v) is 23.5. The fourth-order valence-corrected chi connectivity index (χ4v) is 3.25. The summed E-state index contributed by atoms with van der Waals surface area (Å²) in [7, 11) is 3.59. The molecule has 0 saturated carbocycles. The van der Waals surface area contributed by atoms with Crippen molar-refractivity contribution < 1.29 is 4.74 Å². The molecule has 1 heterocycles. The molecule has 0 bridgehead atoms. The van der Waals surface area contributed by atoms with Gasteiger partial charge in [-0.05, 0) is 56.4 Å². The number of halogens is 1. The maximum absolute atomic E-state index is 6.15. The molecular weight excluding hydrogens is 470 g/mol. The number of aliphatic imine (C=N–C) groups is 1. The lowest BCUT2D eigenvalue weighted by Gasteiger charge is -2.14. The fraction of sp³-hybridized carbons (Fsp3) is 0.414. The average molecular weight is 512 g/mol. The number of ether oxygens (including phenoxy) is 1. The van der Waals surface area contributed by atoms with Gasteiger partial charge in [-0.15, -0.1) is 0 Å². The molecule has 6 nitrogen and oxygen atoms in total. The van der Waals surface area contributed by atoms with Gasteiger partial charge >= 0.3 is 0 Å². The van der Waals surface area contributed by atoms with Crippen molar-refractivity contribution in [1.29, 1.82) is 0 Å². The number of hydrogen-bond acceptors (Lipinski definition) is 6. The molecule has 0 saturated heterocycles. The van der Waals surface area contributed by atoms with Gasteiger partial charge in [-0.3, -0.25) is 0 Å². The number of aryl methyl sites for hydroxylation is 2. The van der Waals surface area contributed by atoms with Gasteiger partial charge in [0, 0.05) is 38.3 Å². The van der Waals surface area contributed by atoms with Crippen LogP contribution in [0, 0.1) is 6.92 Å². The molecule has 2 rings (SSSR count). The Morgan fingerprint density at radius 2 is 1.92 bits per heavy atom. The molecule has 0 unspecified atom stereocenters. The van der Waals surface area contributed by atoms with Crippen molar-refractivity contribution in [3.05, 3.63) is 83.1 Å². The van der Waals surface area contributed by atoms with E-state index in [4.69, 9.17) is 16.3 Å². The molecule has 0 atom stereocenters. The second-order valence-corrected chi connectivity index (χ2v) is 8.74. The minimum absolute atomic E-state index is 0.520. The van der Waals surface area contributed by atoms with Gasteiger partial charge < -0.3 is 15.0 Å². The van der Waals surface area contributed by atoms with Crippen LogP contribution in [0.5, 0.6) is 0 Å².